The van der Waals surface area contributed by atoms with Gasteiger partial charge in [0.05, 0.1) is 12.6 Å². The molecule has 0 aromatic heterocycles. The van der Waals surface area contributed by atoms with Gasteiger partial charge in [-0.05, 0) is 20.5 Å². The van der Waals surface area contributed by atoms with Gasteiger partial charge in [0.2, 0.25) is 11.8 Å². The number of rotatable bonds is 10. The number of hydrogen-bond acceptors (Lipinski definition) is 5. The van der Waals surface area contributed by atoms with E-state index in [0.29, 0.717) is 13.1 Å². The fourth-order valence-electron chi connectivity index (χ4n) is 1.41. The third-order valence-electron chi connectivity index (χ3n) is 2.40. The molecule has 21 heavy (non-hydrogen) atoms. The van der Waals surface area contributed by atoms with Crippen LogP contribution in [-0.4, -0.2) is 62.7 Å². The predicted octanol–water partition coefficient (Wildman–Crippen LogP) is -1.08. The highest BCUT2D eigenvalue weighted by Crippen LogP contribution is 1.96. The molecule has 0 spiro atoms. The first-order valence-corrected chi connectivity index (χ1v) is 7.09. The summed E-state index contributed by atoms with van der Waals surface area (Å²) in [7, 11) is 3.27. The lowest BCUT2D eigenvalue weighted by Crippen LogP contribution is -2.45. The maximum Gasteiger partial charge on any atom is 0.303 e. The van der Waals surface area contributed by atoms with Crippen molar-refractivity contribution in [2.24, 2.45) is 0 Å². The Hall–Kier alpha value is -1.67. The molecule has 0 heterocycles. The fraction of sp³-hybridized carbons (Fsp3) is 0.769. The number of aliphatic carboxylic acids is 1. The molecule has 0 aromatic rings. The van der Waals surface area contributed by atoms with E-state index in [0.717, 1.165) is 0 Å². The van der Waals surface area contributed by atoms with E-state index in [9.17, 15) is 14.4 Å². The molecule has 0 saturated carbocycles. The van der Waals surface area contributed by atoms with Gasteiger partial charge >= 0.3 is 5.97 Å². The first-order valence-electron chi connectivity index (χ1n) is 7.09. The summed E-state index contributed by atoms with van der Waals surface area (Å²) < 4.78 is 0. The van der Waals surface area contributed by atoms with Crippen molar-refractivity contribution in [3.63, 3.8) is 0 Å². The van der Waals surface area contributed by atoms with Gasteiger partial charge in [-0.1, -0.05) is 13.8 Å². The Labute approximate surface area is 126 Å². The van der Waals surface area contributed by atoms with E-state index < -0.39 is 12.0 Å². The molecule has 0 bridgehead atoms. The summed E-state index contributed by atoms with van der Waals surface area (Å²) in [6.45, 7) is 4.87. The highest BCUT2D eigenvalue weighted by Gasteiger charge is 2.16. The Kier molecular flexibility index (Phi) is 15.2. The zero-order chi connectivity index (χ0) is 16.7. The van der Waals surface area contributed by atoms with Crippen LogP contribution in [0.4, 0.5) is 0 Å². The number of nitrogens with one attached hydrogen (secondary N) is 4. The van der Waals surface area contributed by atoms with Gasteiger partial charge in [0, 0.05) is 19.5 Å². The molecule has 0 rings (SSSR count). The zero-order valence-electron chi connectivity index (χ0n) is 13.3. The molecule has 0 unspecified atom stereocenters. The summed E-state index contributed by atoms with van der Waals surface area (Å²) in [6.07, 6.45) is 0.154. The molecule has 8 nitrogen and oxygen atoms in total. The molecule has 0 aromatic carbocycles. The molecule has 0 aliphatic carbocycles. The lowest BCUT2D eigenvalue weighted by molar-refractivity contribution is -0.137. The number of carbonyl (C=O) groups excluding carboxylic acids is 2. The highest BCUT2D eigenvalue weighted by atomic mass is 16.4. The third-order valence-corrected chi connectivity index (χ3v) is 2.40. The van der Waals surface area contributed by atoms with Crippen molar-refractivity contribution in [2.75, 3.05) is 33.7 Å². The summed E-state index contributed by atoms with van der Waals surface area (Å²) in [5, 5.41) is 19.3. The minimum atomic E-state index is -0.938. The molecule has 8 heteroatoms. The topological polar surface area (TPSA) is 120 Å². The lowest BCUT2D eigenvalue weighted by atomic mass is 10.1. The van der Waals surface area contributed by atoms with Gasteiger partial charge in [0.25, 0.3) is 0 Å². The maximum atomic E-state index is 11.7. The first-order chi connectivity index (χ1) is 10.0. The molecule has 124 valence electrons. The summed E-state index contributed by atoms with van der Waals surface area (Å²) >= 11 is 0. The van der Waals surface area contributed by atoms with E-state index in [1.54, 1.807) is 14.1 Å². The van der Waals surface area contributed by atoms with Crippen LogP contribution < -0.4 is 21.3 Å². The molecule has 0 radical (unpaired) electrons. The van der Waals surface area contributed by atoms with Crippen molar-refractivity contribution in [1.29, 1.82) is 0 Å². The summed E-state index contributed by atoms with van der Waals surface area (Å²) in [6, 6.07) is -0.538. The van der Waals surface area contributed by atoms with Crippen LogP contribution >= 0.6 is 0 Å². The van der Waals surface area contributed by atoms with Crippen LogP contribution in [0, 0.1) is 0 Å². The molecule has 5 N–H and O–H groups in total. The van der Waals surface area contributed by atoms with Crippen molar-refractivity contribution in [3.8, 4) is 0 Å². The number of likely N-dealkylation sites (N-methyl/N-ethyl adjacent to an activating group) is 2. The SMILES string of the molecule is CC.CNCC(=O)NCCNC(=O)[C@H](CCC(=O)O)NC. The second-order valence-corrected chi connectivity index (χ2v) is 3.94. The standard InChI is InChI=1S/C11H22N4O4.C2H6/c1-12-7-9(16)14-5-6-15-11(19)8(13-2)3-4-10(17)18;1-2/h8,12-13H,3-7H2,1-2H3,(H,14,16)(H,15,19)(H,17,18);1-2H3/t8-;/m0./s1. The summed E-state index contributed by atoms with van der Waals surface area (Å²) in [4.78, 5) is 33.2. The Morgan fingerprint density at radius 2 is 1.62 bits per heavy atom. The van der Waals surface area contributed by atoms with E-state index in [-0.39, 0.29) is 31.2 Å². The van der Waals surface area contributed by atoms with E-state index in [4.69, 9.17) is 5.11 Å². The minimum Gasteiger partial charge on any atom is -0.481 e. The Morgan fingerprint density at radius 3 is 2.10 bits per heavy atom. The van der Waals surface area contributed by atoms with Crippen molar-refractivity contribution < 1.29 is 19.5 Å². The van der Waals surface area contributed by atoms with Crippen LogP contribution in [-0.2, 0) is 14.4 Å². The van der Waals surface area contributed by atoms with Crippen LogP contribution in [0.2, 0.25) is 0 Å². The third kappa shape index (κ3) is 13.1. The van der Waals surface area contributed by atoms with Gasteiger partial charge in [0.15, 0.2) is 0 Å². The largest absolute Gasteiger partial charge is 0.481 e. The second kappa shape index (κ2) is 14.7. The van der Waals surface area contributed by atoms with Gasteiger partial charge in [-0.3, -0.25) is 14.4 Å². The van der Waals surface area contributed by atoms with E-state index in [2.05, 4.69) is 21.3 Å². The van der Waals surface area contributed by atoms with Crippen molar-refractivity contribution in [3.05, 3.63) is 0 Å². The molecule has 1 atom stereocenters. The van der Waals surface area contributed by atoms with Gasteiger partial charge in [0.1, 0.15) is 0 Å². The van der Waals surface area contributed by atoms with E-state index in [1.165, 1.54) is 0 Å². The van der Waals surface area contributed by atoms with E-state index >= 15 is 0 Å². The Bertz CT molecular complexity index is 311. The van der Waals surface area contributed by atoms with Gasteiger partial charge in [-0.15, -0.1) is 0 Å². The predicted molar refractivity (Wildman–Crippen MR) is 81.0 cm³/mol. The lowest BCUT2D eigenvalue weighted by Gasteiger charge is -2.15. The highest BCUT2D eigenvalue weighted by molar-refractivity contribution is 5.82. The van der Waals surface area contributed by atoms with Crippen LogP contribution in [0.5, 0.6) is 0 Å². The van der Waals surface area contributed by atoms with Crippen LogP contribution in [0.1, 0.15) is 26.7 Å². The van der Waals surface area contributed by atoms with Crippen LogP contribution in [0.3, 0.4) is 0 Å². The normalized spacial score (nSPS) is 10.9. The Balaban J connectivity index is 0. The van der Waals surface area contributed by atoms with Gasteiger partial charge < -0.3 is 26.4 Å². The van der Waals surface area contributed by atoms with Crippen molar-refractivity contribution in [1.82, 2.24) is 21.3 Å². The molecule has 0 aliphatic heterocycles. The van der Waals surface area contributed by atoms with Gasteiger partial charge in [-0.2, -0.15) is 0 Å². The quantitative estimate of drug-likeness (QED) is 0.327. The number of hydrogen-bond donors (Lipinski definition) is 5. The van der Waals surface area contributed by atoms with Crippen molar-refractivity contribution in [2.45, 2.75) is 32.7 Å². The zero-order valence-corrected chi connectivity index (χ0v) is 13.3. The maximum absolute atomic E-state index is 11.7. The number of amides is 2. The number of carbonyl (C=O) groups is 3. The smallest absolute Gasteiger partial charge is 0.303 e. The van der Waals surface area contributed by atoms with Gasteiger partial charge in [-0.25, -0.2) is 0 Å². The molecule has 0 fully saturated rings. The minimum absolute atomic E-state index is 0.0716. The summed E-state index contributed by atoms with van der Waals surface area (Å²) in [5.74, 6) is -1.35. The molecular weight excluding hydrogens is 276 g/mol. The fourth-order valence-corrected chi connectivity index (χ4v) is 1.41. The monoisotopic (exact) mass is 304 g/mol. The van der Waals surface area contributed by atoms with Crippen LogP contribution in [0.25, 0.3) is 0 Å². The summed E-state index contributed by atoms with van der Waals surface area (Å²) in [5.41, 5.74) is 0. The number of carboxylic acids is 1. The average molecular weight is 304 g/mol. The van der Waals surface area contributed by atoms with Crippen molar-refractivity contribution >= 4 is 17.8 Å². The first kappa shape index (κ1) is 21.6. The molecular formula is C13H28N4O4. The molecule has 0 aliphatic rings. The number of carboxylic acid groups (broad SMARTS) is 1. The molecule has 0 saturated heterocycles. The van der Waals surface area contributed by atoms with E-state index in [1.807, 2.05) is 13.8 Å². The Morgan fingerprint density at radius 1 is 1.05 bits per heavy atom. The average Bonchev–Trinajstić information content (AvgIpc) is 2.46. The molecule has 2 amide bonds. The second-order valence-electron chi connectivity index (χ2n) is 3.94. The van der Waals surface area contributed by atoms with Crippen LogP contribution in [0.15, 0.2) is 0 Å².